The van der Waals surface area contributed by atoms with Gasteiger partial charge in [-0.25, -0.2) is 9.97 Å². The predicted molar refractivity (Wildman–Crippen MR) is 127 cm³/mol. The van der Waals surface area contributed by atoms with E-state index in [-0.39, 0.29) is 0 Å². The summed E-state index contributed by atoms with van der Waals surface area (Å²) in [5, 5.41) is 12.1. The lowest BCUT2D eigenvalue weighted by Crippen LogP contribution is -1.91. The van der Waals surface area contributed by atoms with Gasteiger partial charge in [-0.15, -0.1) is 22.7 Å². The first-order chi connectivity index (χ1) is 13.9. The molecule has 0 atom stereocenters. The van der Waals surface area contributed by atoms with Crippen LogP contribution in [0.3, 0.4) is 0 Å². The molecule has 0 aliphatic rings. The van der Waals surface area contributed by atoms with Gasteiger partial charge >= 0.3 is 0 Å². The Morgan fingerprint density at radius 1 is 0.724 bits per heavy atom. The number of halogens is 4. The molecule has 29 heavy (non-hydrogen) atoms. The maximum atomic E-state index is 6.06. The smallest absolute Gasteiger partial charge is 0.188 e. The Morgan fingerprint density at radius 3 is 1.79 bits per heavy atom. The van der Waals surface area contributed by atoms with Crippen LogP contribution in [0.25, 0.3) is 11.4 Å². The molecule has 2 heterocycles. The van der Waals surface area contributed by atoms with Crippen molar-refractivity contribution in [1.82, 2.24) is 9.97 Å². The fourth-order valence-electron chi connectivity index (χ4n) is 2.63. The van der Waals surface area contributed by atoms with E-state index < -0.39 is 0 Å². The Morgan fingerprint density at radius 2 is 1.24 bits per heavy atom. The molecule has 0 saturated carbocycles. The van der Waals surface area contributed by atoms with Crippen LogP contribution >= 0.6 is 69.1 Å². The lowest BCUT2D eigenvalue weighted by Gasteiger charge is -2.04. The third-order valence-electron chi connectivity index (χ3n) is 3.77. The van der Waals surface area contributed by atoms with E-state index in [9.17, 15) is 0 Å². The number of hydrogen-bond donors (Lipinski definition) is 2. The maximum Gasteiger partial charge on any atom is 0.188 e. The molecule has 0 fully saturated rings. The van der Waals surface area contributed by atoms with Gasteiger partial charge in [-0.1, -0.05) is 46.4 Å². The Balaban J connectivity index is 1.55. The van der Waals surface area contributed by atoms with Crippen molar-refractivity contribution >= 4 is 90.7 Å². The minimum atomic E-state index is 0.559. The molecule has 0 bridgehead atoms. The van der Waals surface area contributed by atoms with Gasteiger partial charge in [0.25, 0.3) is 0 Å². The molecule has 0 amide bonds. The molecule has 0 unspecified atom stereocenters. The van der Waals surface area contributed by atoms with Gasteiger partial charge in [-0.3, -0.25) is 0 Å². The van der Waals surface area contributed by atoms with Crippen molar-refractivity contribution in [3.8, 4) is 11.4 Å². The van der Waals surface area contributed by atoms with Crippen molar-refractivity contribution in [2.75, 3.05) is 10.6 Å². The second kappa shape index (κ2) is 8.68. The van der Waals surface area contributed by atoms with Gasteiger partial charge in [0.15, 0.2) is 10.3 Å². The van der Waals surface area contributed by atoms with Crippen LogP contribution in [0.2, 0.25) is 20.1 Å². The van der Waals surface area contributed by atoms with Gasteiger partial charge in [0.2, 0.25) is 0 Å². The van der Waals surface area contributed by atoms with Crippen LogP contribution < -0.4 is 10.6 Å². The van der Waals surface area contributed by atoms with Crippen molar-refractivity contribution in [3.05, 3.63) is 66.7 Å². The lowest BCUT2D eigenvalue weighted by atomic mass is 10.3. The Kier molecular flexibility index (Phi) is 6.20. The van der Waals surface area contributed by atoms with Crippen LogP contribution in [0.15, 0.2) is 41.8 Å². The van der Waals surface area contributed by atoms with E-state index >= 15 is 0 Å². The summed E-state index contributed by atoms with van der Waals surface area (Å²) in [6, 6.07) is 10.5. The first kappa shape index (κ1) is 20.7. The number of aromatic nitrogens is 2. The second-order valence-electron chi connectivity index (χ2n) is 6.03. The number of anilines is 4. The van der Waals surface area contributed by atoms with E-state index in [0.29, 0.717) is 20.1 Å². The fraction of sp³-hybridized carbons (Fsp3) is 0.0526. The van der Waals surface area contributed by atoms with Gasteiger partial charge < -0.3 is 10.6 Å². The molecule has 2 N–H and O–H groups in total. The molecule has 4 rings (SSSR count). The van der Waals surface area contributed by atoms with Crippen LogP contribution in [0.4, 0.5) is 21.6 Å². The summed E-state index contributed by atoms with van der Waals surface area (Å²) in [6.07, 6.45) is 0. The van der Waals surface area contributed by atoms with Crippen molar-refractivity contribution in [3.63, 3.8) is 0 Å². The van der Waals surface area contributed by atoms with Crippen LogP contribution in [0.1, 0.15) is 4.88 Å². The summed E-state index contributed by atoms with van der Waals surface area (Å²) in [6.45, 7) is 2.01. The summed E-state index contributed by atoms with van der Waals surface area (Å²) in [5.74, 6) is 0. The summed E-state index contributed by atoms with van der Waals surface area (Å²) >= 11 is 27.2. The third-order valence-corrected chi connectivity index (χ3v) is 6.29. The van der Waals surface area contributed by atoms with Gasteiger partial charge in [0, 0.05) is 41.7 Å². The second-order valence-corrected chi connectivity index (χ2v) is 9.83. The molecule has 4 nitrogen and oxygen atoms in total. The number of rotatable bonds is 5. The molecule has 0 radical (unpaired) electrons. The Labute approximate surface area is 195 Å². The van der Waals surface area contributed by atoms with E-state index in [1.165, 1.54) is 22.7 Å². The lowest BCUT2D eigenvalue weighted by molar-refractivity contribution is 1.30. The monoisotopic (exact) mass is 500 g/mol. The minimum Gasteiger partial charge on any atom is -0.331 e. The van der Waals surface area contributed by atoms with Crippen molar-refractivity contribution in [2.24, 2.45) is 0 Å². The topological polar surface area (TPSA) is 49.8 Å². The van der Waals surface area contributed by atoms with E-state index in [1.807, 2.05) is 12.3 Å². The van der Waals surface area contributed by atoms with Crippen LogP contribution in [0, 0.1) is 6.92 Å². The van der Waals surface area contributed by atoms with Gasteiger partial charge in [-0.2, -0.15) is 0 Å². The van der Waals surface area contributed by atoms with E-state index in [4.69, 9.17) is 46.4 Å². The molecule has 10 heteroatoms. The molecule has 0 spiro atoms. The minimum absolute atomic E-state index is 0.559. The van der Waals surface area contributed by atoms with Crippen molar-refractivity contribution in [1.29, 1.82) is 0 Å². The van der Waals surface area contributed by atoms with Gasteiger partial charge in [0.1, 0.15) is 11.4 Å². The number of thiazole rings is 2. The number of hydrogen-bond acceptors (Lipinski definition) is 6. The number of aryl methyl sites for hydroxylation is 1. The van der Waals surface area contributed by atoms with Crippen molar-refractivity contribution < 1.29 is 0 Å². The summed E-state index contributed by atoms with van der Waals surface area (Å²) < 4.78 is 0. The molecule has 2 aromatic heterocycles. The Hall–Kier alpha value is -1.54. The Bertz CT molecular complexity index is 1150. The summed E-state index contributed by atoms with van der Waals surface area (Å²) in [4.78, 5) is 10.4. The summed E-state index contributed by atoms with van der Waals surface area (Å²) in [5.41, 5.74) is 3.16. The highest BCUT2D eigenvalue weighted by atomic mass is 35.5. The van der Waals surface area contributed by atoms with E-state index in [2.05, 4.69) is 20.6 Å². The van der Waals surface area contributed by atoms with Gasteiger partial charge in [0.05, 0.1) is 0 Å². The van der Waals surface area contributed by atoms with Crippen molar-refractivity contribution in [2.45, 2.75) is 6.92 Å². The predicted octanol–water partition coefficient (Wildman–Crippen LogP) is 8.68. The molecular formula is C19H12Cl4N4S2. The number of nitrogens with zero attached hydrogens (tertiary/aromatic N) is 2. The fourth-order valence-corrected chi connectivity index (χ4v) is 5.24. The molecule has 0 saturated heterocycles. The van der Waals surface area contributed by atoms with E-state index in [0.717, 1.165) is 37.9 Å². The number of nitrogens with one attached hydrogen (secondary N) is 2. The largest absolute Gasteiger partial charge is 0.331 e. The van der Waals surface area contributed by atoms with Crippen LogP contribution in [-0.4, -0.2) is 9.97 Å². The standard InChI is InChI=1S/C19H12Cl4N4S2/c1-9-17(27-19(29-9)25-15-6-12(22)3-13(23)7-15)16-8-28-18(26-16)24-14-4-10(20)2-11(21)5-14/h2-8H,1H3,(H,24,26)(H,25,27). The van der Waals surface area contributed by atoms with Crippen LogP contribution in [-0.2, 0) is 0 Å². The molecular weight excluding hydrogens is 490 g/mol. The zero-order chi connectivity index (χ0) is 20.5. The highest BCUT2D eigenvalue weighted by Gasteiger charge is 2.14. The third kappa shape index (κ3) is 5.15. The highest BCUT2D eigenvalue weighted by molar-refractivity contribution is 7.16. The molecule has 4 aromatic rings. The van der Waals surface area contributed by atoms with E-state index in [1.54, 1.807) is 36.4 Å². The molecule has 0 aliphatic carbocycles. The molecule has 0 aliphatic heterocycles. The average molecular weight is 502 g/mol. The summed E-state index contributed by atoms with van der Waals surface area (Å²) in [7, 11) is 0. The highest BCUT2D eigenvalue weighted by Crippen LogP contribution is 2.35. The maximum absolute atomic E-state index is 6.06. The van der Waals surface area contributed by atoms with Crippen LogP contribution in [0.5, 0.6) is 0 Å². The normalized spacial score (nSPS) is 10.9. The van der Waals surface area contributed by atoms with Gasteiger partial charge in [-0.05, 0) is 43.3 Å². The first-order valence-electron chi connectivity index (χ1n) is 8.25. The average Bonchev–Trinajstić information content (AvgIpc) is 3.19. The quantitative estimate of drug-likeness (QED) is 0.287. The zero-order valence-corrected chi connectivity index (χ0v) is 19.4. The number of benzene rings is 2. The molecule has 148 valence electrons. The molecule has 2 aromatic carbocycles. The SMILES string of the molecule is Cc1sc(Nc2cc(Cl)cc(Cl)c2)nc1-c1csc(Nc2cc(Cl)cc(Cl)c2)n1. The zero-order valence-electron chi connectivity index (χ0n) is 14.8. The first-order valence-corrected chi connectivity index (χ1v) is 11.5.